The van der Waals surface area contributed by atoms with Crippen LogP contribution in [0.2, 0.25) is 0 Å². The summed E-state index contributed by atoms with van der Waals surface area (Å²) < 4.78 is 22.3. The van der Waals surface area contributed by atoms with Crippen LogP contribution in [-0.4, -0.2) is 13.2 Å². The van der Waals surface area contributed by atoms with Crippen molar-refractivity contribution in [1.82, 2.24) is 0 Å². The Balaban J connectivity index is 3.74. The molecule has 0 heterocycles. The molecule has 0 spiro atoms. The zero-order valence-corrected chi connectivity index (χ0v) is 10.4. The smallest absolute Gasteiger partial charge is 0.187 e. The van der Waals surface area contributed by atoms with Crippen LogP contribution in [0, 0.1) is 6.16 Å². The fraction of sp³-hybridized carbons (Fsp3) is 0.900. The summed E-state index contributed by atoms with van der Waals surface area (Å²) in [5.41, 5.74) is 0. The highest BCUT2D eigenvalue weighted by atomic mass is 31.2. The Bertz CT molecular complexity index is 157. The molecule has 0 bridgehead atoms. The average Bonchev–Trinajstić information content (AvgIpc) is 2.19. The molecule has 0 saturated carbocycles. The lowest BCUT2D eigenvalue weighted by atomic mass is 10.4. The average molecular weight is 221 g/mol. The maximum Gasteiger partial charge on any atom is 0.187 e. The van der Waals surface area contributed by atoms with Gasteiger partial charge in [-0.1, -0.05) is 26.7 Å². The van der Waals surface area contributed by atoms with Crippen LogP contribution in [0.25, 0.3) is 0 Å². The van der Waals surface area contributed by atoms with E-state index in [9.17, 15) is 4.57 Å². The minimum absolute atomic E-state index is 0.518. The first-order valence-electron chi connectivity index (χ1n) is 5.37. The second-order valence-electron chi connectivity index (χ2n) is 3.17. The summed E-state index contributed by atoms with van der Waals surface area (Å²) >= 11 is 0. The lowest BCUT2D eigenvalue weighted by molar-refractivity contribution is 0.205. The lowest BCUT2D eigenvalue weighted by Crippen LogP contribution is -1.98. The summed E-state index contributed by atoms with van der Waals surface area (Å²) in [4.78, 5) is 0. The predicted molar refractivity (Wildman–Crippen MR) is 59.3 cm³/mol. The second kappa shape index (κ2) is 8.46. The van der Waals surface area contributed by atoms with Crippen LogP contribution in [0.15, 0.2) is 0 Å². The first-order chi connectivity index (χ1) is 6.68. The van der Waals surface area contributed by atoms with Gasteiger partial charge >= 0.3 is 0 Å². The third-order valence-corrected chi connectivity index (χ3v) is 3.57. The van der Waals surface area contributed by atoms with Gasteiger partial charge in [0.05, 0.1) is 13.2 Å². The van der Waals surface area contributed by atoms with Gasteiger partial charge in [0.1, 0.15) is 0 Å². The second-order valence-corrected chi connectivity index (χ2v) is 5.28. The molecule has 0 saturated heterocycles. The summed E-state index contributed by atoms with van der Waals surface area (Å²) in [6, 6.07) is 0. The molecular formula is C10H22O3P-. The van der Waals surface area contributed by atoms with Crippen molar-refractivity contribution in [2.24, 2.45) is 0 Å². The molecule has 0 radical (unpaired) electrons. The van der Waals surface area contributed by atoms with Gasteiger partial charge in [-0.25, -0.2) is 6.16 Å². The van der Waals surface area contributed by atoms with Crippen molar-refractivity contribution >= 4 is 7.60 Å². The van der Waals surface area contributed by atoms with Crippen LogP contribution in [0.3, 0.4) is 0 Å². The molecule has 0 aliphatic heterocycles. The minimum atomic E-state index is -2.88. The van der Waals surface area contributed by atoms with Gasteiger partial charge in [-0.2, -0.15) is 6.92 Å². The van der Waals surface area contributed by atoms with Gasteiger partial charge < -0.3 is 9.05 Å². The molecule has 0 amide bonds. The van der Waals surface area contributed by atoms with E-state index < -0.39 is 7.60 Å². The highest BCUT2D eigenvalue weighted by molar-refractivity contribution is 7.56. The van der Waals surface area contributed by atoms with Gasteiger partial charge in [0.2, 0.25) is 0 Å². The van der Waals surface area contributed by atoms with E-state index in [1.165, 1.54) is 0 Å². The molecule has 0 aliphatic rings. The van der Waals surface area contributed by atoms with Crippen LogP contribution in [0.4, 0.5) is 0 Å². The number of rotatable bonds is 9. The molecule has 3 nitrogen and oxygen atoms in total. The summed E-state index contributed by atoms with van der Waals surface area (Å²) in [6.07, 6.45) is 5.47. The van der Waals surface area contributed by atoms with Gasteiger partial charge in [0, 0.05) is 0 Å². The van der Waals surface area contributed by atoms with E-state index in [4.69, 9.17) is 9.05 Å². The summed E-state index contributed by atoms with van der Waals surface area (Å²) in [5.74, 6) is 0. The quantitative estimate of drug-likeness (QED) is 0.335. The number of unbranched alkanes of at least 4 members (excludes halogenated alkanes) is 2. The Labute approximate surface area is 87.7 Å². The first-order valence-corrected chi connectivity index (χ1v) is 6.99. The Hall–Kier alpha value is 0.150. The maximum absolute atomic E-state index is 11.8. The molecule has 0 fully saturated rings. The Morgan fingerprint density at radius 3 is 1.79 bits per heavy atom. The van der Waals surface area contributed by atoms with Crippen molar-refractivity contribution in [3.63, 3.8) is 0 Å². The van der Waals surface area contributed by atoms with Crippen LogP contribution in [-0.2, 0) is 13.6 Å². The molecule has 0 N–H and O–H groups in total. The third-order valence-electron chi connectivity index (χ3n) is 1.85. The fourth-order valence-electron chi connectivity index (χ4n) is 0.859. The van der Waals surface area contributed by atoms with Gasteiger partial charge in [0.25, 0.3) is 0 Å². The van der Waals surface area contributed by atoms with E-state index in [2.05, 4.69) is 13.8 Å². The van der Waals surface area contributed by atoms with Gasteiger partial charge in [0.15, 0.2) is 7.60 Å². The highest BCUT2D eigenvalue weighted by Crippen LogP contribution is 2.51. The molecule has 0 aliphatic carbocycles. The van der Waals surface area contributed by atoms with Crippen molar-refractivity contribution in [2.75, 3.05) is 13.2 Å². The fourth-order valence-corrected chi connectivity index (χ4v) is 2.00. The normalized spacial score (nSPS) is 11.9. The molecule has 14 heavy (non-hydrogen) atoms. The van der Waals surface area contributed by atoms with Crippen LogP contribution in [0.5, 0.6) is 0 Å². The number of hydrogen-bond donors (Lipinski definition) is 0. The molecule has 0 unspecified atom stereocenters. The Morgan fingerprint density at radius 1 is 1.07 bits per heavy atom. The Kier molecular flexibility index (Phi) is 8.55. The predicted octanol–water partition coefficient (Wildman–Crippen LogP) is 3.99. The molecule has 4 heteroatoms. The summed E-state index contributed by atoms with van der Waals surface area (Å²) in [5, 5.41) is 0. The number of hydrogen-bond acceptors (Lipinski definition) is 3. The molecule has 0 rings (SSSR count). The van der Waals surface area contributed by atoms with Crippen molar-refractivity contribution in [3.05, 3.63) is 6.16 Å². The summed E-state index contributed by atoms with van der Waals surface area (Å²) in [6.45, 7) is 6.90. The van der Waals surface area contributed by atoms with Crippen molar-refractivity contribution in [3.8, 4) is 0 Å². The van der Waals surface area contributed by atoms with Crippen LogP contribution in [0.1, 0.15) is 46.5 Å². The molecule has 86 valence electrons. The standard InChI is InChI=1S/C10H22O3P/c1-4-7-9-12-14(11,6-3)13-10-8-5-2/h6H,4-5,7-10H2,1-3H3/q-1. The van der Waals surface area contributed by atoms with E-state index in [1.54, 1.807) is 13.1 Å². The highest BCUT2D eigenvalue weighted by Gasteiger charge is 2.10. The van der Waals surface area contributed by atoms with Crippen molar-refractivity contribution < 1.29 is 13.6 Å². The van der Waals surface area contributed by atoms with Crippen LogP contribution >= 0.6 is 7.60 Å². The SMILES string of the molecule is C[CH-]P(=O)(OCCCC)OCCCC. The topological polar surface area (TPSA) is 35.5 Å². The van der Waals surface area contributed by atoms with Crippen molar-refractivity contribution in [2.45, 2.75) is 46.5 Å². The largest absolute Gasteiger partial charge is 0.331 e. The van der Waals surface area contributed by atoms with E-state index in [1.807, 2.05) is 0 Å². The lowest BCUT2D eigenvalue weighted by Gasteiger charge is -2.24. The molecule has 0 atom stereocenters. The van der Waals surface area contributed by atoms with Gasteiger partial charge in [-0.3, -0.25) is 4.57 Å². The Morgan fingerprint density at radius 2 is 1.50 bits per heavy atom. The maximum atomic E-state index is 11.8. The first kappa shape index (κ1) is 14.2. The zero-order chi connectivity index (χ0) is 10.9. The van der Waals surface area contributed by atoms with E-state index in [0.29, 0.717) is 13.2 Å². The minimum Gasteiger partial charge on any atom is -0.331 e. The monoisotopic (exact) mass is 221 g/mol. The molecule has 0 aromatic rings. The van der Waals surface area contributed by atoms with E-state index in [0.717, 1.165) is 25.7 Å². The van der Waals surface area contributed by atoms with E-state index >= 15 is 0 Å². The van der Waals surface area contributed by atoms with Gasteiger partial charge in [-0.15, -0.1) is 0 Å². The van der Waals surface area contributed by atoms with Gasteiger partial charge in [-0.05, 0) is 12.8 Å². The summed E-state index contributed by atoms with van der Waals surface area (Å²) in [7, 11) is -2.88. The van der Waals surface area contributed by atoms with Crippen molar-refractivity contribution in [1.29, 1.82) is 0 Å². The molecular weight excluding hydrogens is 199 g/mol. The third kappa shape index (κ3) is 6.58. The zero-order valence-electron chi connectivity index (χ0n) is 9.49. The van der Waals surface area contributed by atoms with Crippen LogP contribution < -0.4 is 0 Å². The molecule has 0 aromatic heterocycles. The molecule has 0 aromatic carbocycles. The van der Waals surface area contributed by atoms with E-state index in [-0.39, 0.29) is 0 Å².